The highest BCUT2D eigenvalue weighted by Crippen LogP contribution is 2.28. The molecule has 1 amide bonds. The molecule has 30 heavy (non-hydrogen) atoms. The Bertz CT molecular complexity index is 1010. The number of halogens is 3. The molecule has 0 aliphatic rings. The standard InChI is InChI=1S/C20H18F3N3O3S/c1-19(2,28)11-24-18(27)16-9-15(25-17(26-16)13-7-8-30-10-13)12-3-5-14(6-4-12)29-20(21,22)23/h3-10,28H,11H2,1-2H3,(H,24,27). The second-order valence-electron chi connectivity index (χ2n) is 7.04. The monoisotopic (exact) mass is 437 g/mol. The van der Waals surface area contributed by atoms with Crippen molar-refractivity contribution in [3.05, 3.63) is 52.9 Å². The summed E-state index contributed by atoms with van der Waals surface area (Å²) in [5.41, 5.74) is 0.519. The molecule has 6 nitrogen and oxygen atoms in total. The summed E-state index contributed by atoms with van der Waals surface area (Å²) < 4.78 is 41.0. The summed E-state index contributed by atoms with van der Waals surface area (Å²) in [6.45, 7) is 3.13. The zero-order valence-electron chi connectivity index (χ0n) is 16.0. The van der Waals surface area contributed by atoms with E-state index in [9.17, 15) is 23.1 Å². The number of nitrogens with zero attached hydrogens (tertiary/aromatic N) is 2. The van der Waals surface area contributed by atoms with Crippen LogP contribution in [0, 0.1) is 0 Å². The predicted molar refractivity (Wildman–Crippen MR) is 106 cm³/mol. The van der Waals surface area contributed by atoms with Crippen LogP contribution < -0.4 is 10.1 Å². The average Bonchev–Trinajstić information content (AvgIpc) is 3.19. The topological polar surface area (TPSA) is 84.3 Å². The second-order valence-corrected chi connectivity index (χ2v) is 7.82. The van der Waals surface area contributed by atoms with E-state index >= 15 is 0 Å². The van der Waals surface area contributed by atoms with Crippen molar-refractivity contribution in [2.45, 2.75) is 25.8 Å². The molecule has 0 saturated heterocycles. The van der Waals surface area contributed by atoms with E-state index in [0.29, 0.717) is 22.6 Å². The molecule has 0 fully saturated rings. The molecule has 0 spiro atoms. The molecule has 2 aromatic heterocycles. The van der Waals surface area contributed by atoms with Gasteiger partial charge in [0.2, 0.25) is 0 Å². The van der Waals surface area contributed by atoms with Gasteiger partial charge in [0, 0.05) is 23.1 Å². The lowest BCUT2D eigenvalue weighted by molar-refractivity contribution is -0.274. The van der Waals surface area contributed by atoms with Gasteiger partial charge < -0.3 is 15.2 Å². The van der Waals surface area contributed by atoms with Crippen LogP contribution in [0.4, 0.5) is 13.2 Å². The van der Waals surface area contributed by atoms with Crippen molar-refractivity contribution in [1.82, 2.24) is 15.3 Å². The van der Waals surface area contributed by atoms with E-state index < -0.39 is 17.9 Å². The third kappa shape index (κ3) is 6.01. The van der Waals surface area contributed by atoms with Crippen molar-refractivity contribution in [3.63, 3.8) is 0 Å². The first-order chi connectivity index (χ1) is 14.0. The number of nitrogens with one attached hydrogen (secondary N) is 1. The summed E-state index contributed by atoms with van der Waals surface area (Å²) in [7, 11) is 0. The van der Waals surface area contributed by atoms with E-state index in [1.54, 1.807) is 19.9 Å². The summed E-state index contributed by atoms with van der Waals surface area (Å²) in [5.74, 6) is -0.562. The van der Waals surface area contributed by atoms with Gasteiger partial charge in [0.1, 0.15) is 11.4 Å². The maximum Gasteiger partial charge on any atom is 0.573 e. The largest absolute Gasteiger partial charge is 0.573 e. The Hall–Kier alpha value is -2.98. The Kier molecular flexibility index (Phi) is 6.09. The van der Waals surface area contributed by atoms with Crippen LogP contribution in [-0.4, -0.2) is 39.5 Å². The van der Waals surface area contributed by atoms with Gasteiger partial charge in [-0.2, -0.15) is 11.3 Å². The van der Waals surface area contributed by atoms with E-state index in [2.05, 4.69) is 20.0 Å². The average molecular weight is 437 g/mol. The molecule has 0 atom stereocenters. The number of benzene rings is 1. The molecule has 10 heteroatoms. The first kappa shape index (κ1) is 21.7. The van der Waals surface area contributed by atoms with Gasteiger partial charge in [0.15, 0.2) is 5.82 Å². The molecule has 1 aromatic carbocycles. The van der Waals surface area contributed by atoms with Crippen molar-refractivity contribution in [2.24, 2.45) is 0 Å². The third-order valence-electron chi connectivity index (χ3n) is 3.80. The number of ether oxygens (including phenoxy) is 1. The number of carbonyl (C=O) groups excluding carboxylic acids is 1. The van der Waals surface area contributed by atoms with E-state index in [0.717, 1.165) is 0 Å². The molecule has 158 valence electrons. The van der Waals surface area contributed by atoms with Crippen LogP contribution >= 0.6 is 11.3 Å². The summed E-state index contributed by atoms with van der Waals surface area (Å²) in [4.78, 5) is 21.3. The van der Waals surface area contributed by atoms with Crippen LogP contribution in [0.25, 0.3) is 22.6 Å². The lowest BCUT2D eigenvalue weighted by Crippen LogP contribution is -2.38. The number of hydrogen-bond donors (Lipinski definition) is 2. The molecule has 2 heterocycles. The number of alkyl halides is 3. The SMILES string of the molecule is CC(C)(O)CNC(=O)c1cc(-c2ccc(OC(F)(F)F)cc2)nc(-c2ccsc2)n1. The molecule has 0 radical (unpaired) electrons. The predicted octanol–water partition coefficient (Wildman–Crippen LogP) is 4.27. The van der Waals surface area contributed by atoms with Crippen LogP contribution in [0.15, 0.2) is 47.2 Å². The first-order valence-corrected chi connectivity index (χ1v) is 9.73. The summed E-state index contributed by atoms with van der Waals surface area (Å²) in [6, 6.07) is 8.41. The summed E-state index contributed by atoms with van der Waals surface area (Å²) in [5, 5.41) is 16.1. The fraction of sp³-hybridized carbons (Fsp3) is 0.250. The van der Waals surface area contributed by atoms with Gasteiger partial charge >= 0.3 is 6.36 Å². The number of rotatable bonds is 6. The maximum absolute atomic E-state index is 12.6. The Labute approximate surface area is 174 Å². The maximum atomic E-state index is 12.6. The summed E-state index contributed by atoms with van der Waals surface area (Å²) in [6.07, 6.45) is -4.78. The van der Waals surface area contributed by atoms with Gasteiger partial charge in [-0.1, -0.05) is 0 Å². The van der Waals surface area contributed by atoms with E-state index in [-0.39, 0.29) is 18.0 Å². The first-order valence-electron chi connectivity index (χ1n) is 8.79. The summed E-state index contributed by atoms with van der Waals surface area (Å²) >= 11 is 1.43. The fourth-order valence-corrected chi connectivity index (χ4v) is 3.08. The second kappa shape index (κ2) is 8.41. The number of aliphatic hydroxyl groups is 1. The zero-order valence-corrected chi connectivity index (χ0v) is 16.8. The van der Waals surface area contributed by atoms with Crippen molar-refractivity contribution in [3.8, 4) is 28.4 Å². The van der Waals surface area contributed by atoms with Gasteiger partial charge in [-0.15, -0.1) is 13.2 Å². The van der Waals surface area contributed by atoms with Crippen LogP contribution in [0.5, 0.6) is 5.75 Å². The van der Waals surface area contributed by atoms with Crippen molar-refractivity contribution in [1.29, 1.82) is 0 Å². The minimum atomic E-state index is -4.78. The highest BCUT2D eigenvalue weighted by atomic mass is 32.1. The number of amides is 1. The van der Waals surface area contributed by atoms with Crippen LogP contribution in [0.1, 0.15) is 24.3 Å². The van der Waals surface area contributed by atoms with Crippen molar-refractivity contribution < 1.29 is 27.8 Å². The van der Waals surface area contributed by atoms with Gasteiger partial charge in [0.25, 0.3) is 5.91 Å². The van der Waals surface area contributed by atoms with Gasteiger partial charge in [-0.25, -0.2) is 9.97 Å². The Morgan fingerprint density at radius 3 is 2.40 bits per heavy atom. The smallest absolute Gasteiger partial charge is 0.406 e. The third-order valence-corrected chi connectivity index (χ3v) is 4.49. The fourth-order valence-electron chi connectivity index (χ4n) is 2.45. The Morgan fingerprint density at radius 1 is 1.13 bits per heavy atom. The highest BCUT2D eigenvalue weighted by molar-refractivity contribution is 7.08. The zero-order chi connectivity index (χ0) is 21.9. The molecule has 0 aliphatic carbocycles. The van der Waals surface area contributed by atoms with Crippen LogP contribution in [0.3, 0.4) is 0 Å². The molecule has 0 bridgehead atoms. The van der Waals surface area contributed by atoms with Gasteiger partial charge in [-0.3, -0.25) is 4.79 Å². The van der Waals surface area contributed by atoms with Crippen molar-refractivity contribution in [2.75, 3.05) is 6.54 Å². The minimum Gasteiger partial charge on any atom is -0.406 e. The molecular formula is C20H18F3N3O3S. The normalized spacial score (nSPS) is 11.9. The number of hydrogen-bond acceptors (Lipinski definition) is 6. The van der Waals surface area contributed by atoms with Crippen molar-refractivity contribution >= 4 is 17.2 Å². The Morgan fingerprint density at radius 2 is 1.83 bits per heavy atom. The quantitative estimate of drug-likeness (QED) is 0.602. The van der Waals surface area contributed by atoms with Gasteiger partial charge in [-0.05, 0) is 55.6 Å². The minimum absolute atomic E-state index is 0.0163. The molecule has 0 saturated carbocycles. The lowest BCUT2D eigenvalue weighted by Gasteiger charge is -2.17. The number of aromatic nitrogens is 2. The number of thiophene rings is 1. The molecular weight excluding hydrogens is 419 g/mol. The van der Waals surface area contributed by atoms with E-state index in [4.69, 9.17) is 0 Å². The van der Waals surface area contributed by atoms with E-state index in [1.165, 1.54) is 41.7 Å². The molecule has 3 aromatic rings. The van der Waals surface area contributed by atoms with Crippen LogP contribution in [-0.2, 0) is 0 Å². The van der Waals surface area contributed by atoms with Gasteiger partial charge in [0.05, 0.1) is 11.3 Å². The van der Waals surface area contributed by atoms with Crippen LogP contribution in [0.2, 0.25) is 0 Å². The highest BCUT2D eigenvalue weighted by Gasteiger charge is 2.31. The molecule has 3 rings (SSSR count). The molecule has 0 aliphatic heterocycles. The Balaban J connectivity index is 1.95. The van der Waals surface area contributed by atoms with E-state index in [1.807, 2.05) is 10.8 Å². The lowest BCUT2D eigenvalue weighted by atomic mass is 10.1. The number of carbonyl (C=O) groups is 1. The molecule has 0 unspecified atom stereocenters. The molecule has 2 N–H and O–H groups in total.